The average Bonchev–Trinajstić information content (AvgIpc) is 2.45. The van der Waals surface area contributed by atoms with E-state index in [1.54, 1.807) is 43.5 Å². The van der Waals surface area contributed by atoms with E-state index in [2.05, 4.69) is 5.32 Å². The van der Waals surface area contributed by atoms with Crippen molar-refractivity contribution in [2.24, 2.45) is 0 Å². The number of halogens is 1. The average molecular weight is 259 g/mol. The zero-order valence-corrected chi connectivity index (χ0v) is 10.5. The quantitative estimate of drug-likeness (QED) is 0.916. The Labute approximate surface area is 111 Å². The van der Waals surface area contributed by atoms with Gasteiger partial charge in [-0.05, 0) is 42.0 Å². The van der Waals surface area contributed by atoms with Crippen LogP contribution in [0.25, 0.3) is 0 Å². The predicted molar refractivity (Wildman–Crippen MR) is 70.6 cm³/mol. The van der Waals surface area contributed by atoms with Crippen LogP contribution in [0.5, 0.6) is 5.75 Å². The van der Waals surface area contributed by atoms with E-state index in [0.717, 1.165) is 5.56 Å². The van der Waals surface area contributed by atoms with Crippen LogP contribution in [0.3, 0.4) is 0 Å². The lowest BCUT2D eigenvalue weighted by Gasteiger charge is -2.06. The lowest BCUT2D eigenvalue weighted by Crippen LogP contribution is -2.22. The summed E-state index contributed by atoms with van der Waals surface area (Å²) in [6.45, 7) is 0.294. The van der Waals surface area contributed by atoms with Gasteiger partial charge < -0.3 is 10.1 Å². The number of carbonyl (C=O) groups is 1. The van der Waals surface area contributed by atoms with Crippen molar-refractivity contribution >= 4 is 5.91 Å². The molecule has 0 spiro atoms. The van der Waals surface area contributed by atoms with Gasteiger partial charge in [-0.15, -0.1) is 0 Å². The summed E-state index contributed by atoms with van der Waals surface area (Å²) in [7, 11) is 1.57. The number of benzene rings is 2. The van der Waals surface area contributed by atoms with Crippen LogP contribution < -0.4 is 10.1 Å². The van der Waals surface area contributed by atoms with Gasteiger partial charge in [-0.3, -0.25) is 4.79 Å². The second-order valence-electron chi connectivity index (χ2n) is 4.04. The predicted octanol–water partition coefficient (Wildman–Crippen LogP) is 2.76. The summed E-state index contributed by atoms with van der Waals surface area (Å²) in [5.74, 6) is 0.185. The molecule has 0 aliphatic rings. The Balaban J connectivity index is 1.97. The molecule has 3 nitrogen and oxygen atoms in total. The van der Waals surface area contributed by atoms with Crippen LogP contribution in [0, 0.1) is 5.82 Å². The fourth-order valence-corrected chi connectivity index (χ4v) is 1.67. The van der Waals surface area contributed by atoms with E-state index in [9.17, 15) is 9.18 Å². The van der Waals surface area contributed by atoms with Crippen molar-refractivity contribution in [3.8, 4) is 5.75 Å². The highest BCUT2D eigenvalue weighted by atomic mass is 19.1. The second-order valence-corrected chi connectivity index (χ2v) is 4.04. The van der Waals surface area contributed by atoms with Gasteiger partial charge in [0.25, 0.3) is 5.91 Å². The summed E-state index contributed by atoms with van der Waals surface area (Å²) in [5, 5.41) is 2.73. The summed E-state index contributed by atoms with van der Waals surface area (Å²) >= 11 is 0. The molecule has 2 aromatic carbocycles. The van der Waals surface area contributed by atoms with Gasteiger partial charge in [0.2, 0.25) is 0 Å². The lowest BCUT2D eigenvalue weighted by atomic mass is 10.2. The third kappa shape index (κ3) is 3.55. The van der Waals surface area contributed by atoms with Crippen molar-refractivity contribution in [1.29, 1.82) is 0 Å². The molecule has 0 radical (unpaired) electrons. The van der Waals surface area contributed by atoms with Gasteiger partial charge in [0.05, 0.1) is 7.11 Å². The van der Waals surface area contributed by atoms with Gasteiger partial charge in [-0.1, -0.05) is 12.1 Å². The number of hydrogen-bond acceptors (Lipinski definition) is 2. The Morgan fingerprint density at radius 1 is 1.21 bits per heavy atom. The maximum Gasteiger partial charge on any atom is 0.251 e. The molecule has 2 rings (SSSR count). The lowest BCUT2D eigenvalue weighted by molar-refractivity contribution is 0.0951. The van der Waals surface area contributed by atoms with Gasteiger partial charge in [0.1, 0.15) is 11.6 Å². The number of nitrogens with one attached hydrogen (secondary N) is 1. The summed E-state index contributed by atoms with van der Waals surface area (Å²) in [4.78, 5) is 11.9. The molecule has 0 aliphatic heterocycles. The van der Waals surface area contributed by atoms with E-state index in [4.69, 9.17) is 4.74 Å². The molecular formula is C15H14FNO2. The number of ether oxygens (including phenoxy) is 1. The van der Waals surface area contributed by atoms with E-state index < -0.39 is 0 Å². The van der Waals surface area contributed by atoms with Crippen LogP contribution in [-0.4, -0.2) is 13.0 Å². The van der Waals surface area contributed by atoms with Crippen LogP contribution in [0.4, 0.5) is 4.39 Å². The zero-order valence-electron chi connectivity index (χ0n) is 10.5. The van der Waals surface area contributed by atoms with Gasteiger partial charge >= 0.3 is 0 Å². The second kappa shape index (κ2) is 6.00. The number of amides is 1. The highest BCUT2D eigenvalue weighted by molar-refractivity contribution is 5.94. The standard InChI is InChI=1S/C15H14FNO2/c1-19-14-7-5-12(6-8-14)15(18)17-10-11-3-2-4-13(16)9-11/h2-9H,10H2,1H3,(H,17,18). The monoisotopic (exact) mass is 259 g/mol. The molecule has 0 saturated carbocycles. The van der Waals surface area contributed by atoms with E-state index in [-0.39, 0.29) is 11.7 Å². The first-order valence-corrected chi connectivity index (χ1v) is 5.86. The van der Waals surface area contributed by atoms with Crippen LogP contribution in [0.2, 0.25) is 0 Å². The molecule has 0 unspecified atom stereocenters. The van der Waals surface area contributed by atoms with Crippen molar-refractivity contribution < 1.29 is 13.9 Å². The van der Waals surface area contributed by atoms with Gasteiger partial charge in [-0.2, -0.15) is 0 Å². The fraction of sp³-hybridized carbons (Fsp3) is 0.133. The van der Waals surface area contributed by atoms with Crippen LogP contribution >= 0.6 is 0 Å². The summed E-state index contributed by atoms with van der Waals surface area (Å²) in [5.41, 5.74) is 1.26. The van der Waals surface area contributed by atoms with Crippen molar-refractivity contribution in [3.63, 3.8) is 0 Å². The number of hydrogen-bond donors (Lipinski definition) is 1. The summed E-state index contributed by atoms with van der Waals surface area (Å²) < 4.78 is 18.0. The third-order valence-electron chi connectivity index (χ3n) is 2.69. The molecule has 0 heterocycles. The Kier molecular flexibility index (Phi) is 4.13. The van der Waals surface area contributed by atoms with Crippen molar-refractivity contribution in [3.05, 3.63) is 65.5 Å². The molecule has 1 N–H and O–H groups in total. The highest BCUT2D eigenvalue weighted by Crippen LogP contribution is 2.11. The van der Waals surface area contributed by atoms with Crippen LogP contribution in [0.15, 0.2) is 48.5 Å². The highest BCUT2D eigenvalue weighted by Gasteiger charge is 2.05. The minimum atomic E-state index is -0.309. The first kappa shape index (κ1) is 13.1. The molecule has 0 fully saturated rings. The Morgan fingerprint density at radius 3 is 2.58 bits per heavy atom. The minimum absolute atomic E-state index is 0.202. The van der Waals surface area contributed by atoms with Gasteiger partial charge in [-0.25, -0.2) is 4.39 Å². The van der Waals surface area contributed by atoms with Crippen molar-refractivity contribution in [2.45, 2.75) is 6.54 Å². The van der Waals surface area contributed by atoms with Crippen LogP contribution in [0.1, 0.15) is 15.9 Å². The number of rotatable bonds is 4. The molecular weight excluding hydrogens is 245 g/mol. The Hall–Kier alpha value is -2.36. The largest absolute Gasteiger partial charge is 0.497 e. The maximum absolute atomic E-state index is 13.0. The Morgan fingerprint density at radius 2 is 1.95 bits per heavy atom. The molecule has 1 amide bonds. The molecule has 19 heavy (non-hydrogen) atoms. The molecule has 2 aromatic rings. The topological polar surface area (TPSA) is 38.3 Å². The van der Waals surface area contributed by atoms with Gasteiger partial charge in [0, 0.05) is 12.1 Å². The molecule has 0 atom stereocenters. The third-order valence-corrected chi connectivity index (χ3v) is 2.69. The fourth-order valence-electron chi connectivity index (χ4n) is 1.67. The van der Waals surface area contributed by atoms with Gasteiger partial charge in [0.15, 0.2) is 0 Å². The molecule has 0 aliphatic carbocycles. The smallest absolute Gasteiger partial charge is 0.251 e. The first-order chi connectivity index (χ1) is 9.19. The van der Waals surface area contributed by atoms with Crippen LogP contribution in [-0.2, 0) is 6.54 Å². The molecule has 0 bridgehead atoms. The zero-order chi connectivity index (χ0) is 13.7. The van der Waals surface area contributed by atoms with E-state index in [1.165, 1.54) is 12.1 Å². The Bertz CT molecular complexity index is 567. The molecule has 98 valence electrons. The van der Waals surface area contributed by atoms with Crippen molar-refractivity contribution in [2.75, 3.05) is 7.11 Å². The van der Waals surface area contributed by atoms with E-state index in [1.807, 2.05) is 0 Å². The van der Waals surface area contributed by atoms with E-state index >= 15 is 0 Å². The maximum atomic E-state index is 13.0. The van der Waals surface area contributed by atoms with Crippen molar-refractivity contribution in [1.82, 2.24) is 5.32 Å². The molecule has 0 saturated heterocycles. The van der Waals surface area contributed by atoms with E-state index in [0.29, 0.717) is 17.9 Å². The number of methoxy groups -OCH3 is 1. The minimum Gasteiger partial charge on any atom is -0.497 e. The summed E-state index contributed by atoms with van der Waals surface area (Å²) in [6, 6.07) is 12.9. The SMILES string of the molecule is COc1ccc(C(=O)NCc2cccc(F)c2)cc1. The normalized spacial score (nSPS) is 10.0. The first-order valence-electron chi connectivity index (χ1n) is 5.86. The number of carbonyl (C=O) groups excluding carboxylic acids is 1. The molecule has 0 aromatic heterocycles. The molecule has 4 heteroatoms. The summed E-state index contributed by atoms with van der Waals surface area (Å²) in [6.07, 6.45) is 0.